The average Bonchev–Trinajstić information content (AvgIpc) is 2.82. The van der Waals surface area contributed by atoms with Gasteiger partial charge in [0.15, 0.2) is 0 Å². The maximum Gasteiger partial charge on any atom is 0.221 e. The number of aromatic nitrogens is 2. The molecule has 0 saturated carbocycles. The molecule has 0 radical (unpaired) electrons. The lowest BCUT2D eigenvalue weighted by molar-refractivity contribution is 0.448. The van der Waals surface area contributed by atoms with E-state index in [1.165, 1.54) is 6.07 Å². The molecule has 6 heteroatoms. The summed E-state index contributed by atoms with van der Waals surface area (Å²) in [5.41, 5.74) is 0.384. The quantitative estimate of drug-likeness (QED) is 0.828. The van der Waals surface area contributed by atoms with Crippen molar-refractivity contribution in [3.8, 4) is 0 Å². The number of aryl methyl sites for hydroxylation is 1. The van der Waals surface area contributed by atoms with E-state index >= 15 is 0 Å². The molecule has 4 nitrogen and oxygen atoms in total. The molecule has 19 heavy (non-hydrogen) atoms. The molecule has 1 N–H and O–H groups in total. The Labute approximate surface area is 116 Å². The summed E-state index contributed by atoms with van der Waals surface area (Å²) < 4.78 is 19.1. The Bertz CT molecular complexity index is 524. The third-order valence-corrected chi connectivity index (χ3v) is 3.07. The molecule has 0 unspecified atom stereocenters. The molecule has 0 atom stereocenters. The molecular formula is C13H15ClFN3O. The SMILES string of the molecule is CNCCCc1nnc(Cc2c(F)cccc2Cl)o1. The molecule has 102 valence electrons. The summed E-state index contributed by atoms with van der Waals surface area (Å²) in [6.45, 7) is 0.886. The zero-order valence-electron chi connectivity index (χ0n) is 10.6. The highest BCUT2D eigenvalue weighted by Crippen LogP contribution is 2.21. The van der Waals surface area contributed by atoms with E-state index in [0.29, 0.717) is 28.8 Å². The lowest BCUT2D eigenvalue weighted by Gasteiger charge is -2.02. The Morgan fingerprint density at radius 1 is 1.32 bits per heavy atom. The zero-order valence-corrected chi connectivity index (χ0v) is 11.4. The summed E-state index contributed by atoms with van der Waals surface area (Å²) in [5.74, 6) is 0.589. The number of hydrogen-bond donors (Lipinski definition) is 1. The number of halogens is 2. The Morgan fingerprint density at radius 2 is 2.11 bits per heavy atom. The van der Waals surface area contributed by atoms with Crippen molar-refractivity contribution in [2.24, 2.45) is 0 Å². The van der Waals surface area contributed by atoms with Gasteiger partial charge in [-0.2, -0.15) is 0 Å². The van der Waals surface area contributed by atoms with Crippen molar-refractivity contribution >= 4 is 11.6 Å². The molecule has 0 aliphatic rings. The standard InChI is InChI=1S/C13H15ClFN3O/c1-16-7-3-6-12-17-18-13(19-12)8-9-10(14)4-2-5-11(9)15/h2,4-5,16H,3,6-8H2,1H3. The molecule has 0 bridgehead atoms. The van der Waals surface area contributed by atoms with Crippen LogP contribution in [0, 0.1) is 5.82 Å². The minimum absolute atomic E-state index is 0.213. The van der Waals surface area contributed by atoms with Crippen LogP contribution in [0.5, 0.6) is 0 Å². The smallest absolute Gasteiger partial charge is 0.221 e. The topological polar surface area (TPSA) is 51.0 Å². The van der Waals surface area contributed by atoms with E-state index in [1.807, 2.05) is 7.05 Å². The first kappa shape index (κ1) is 14.0. The van der Waals surface area contributed by atoms with Gasteiger partial charge in [-0.05, 0) is 32.1 Å². The Kier molecular flexibility index (Phi) is 4.87. The minimum atomic E-state index is -0.359. The van der Waals surface area contributed by atoms with Crippen LogP contribution in [-0.4, -0.2) is 23.8 Å². The molecule has 0 saturated heterocycles. The van der Waals surface area contributed by atoms with Crippen LogP contribution in [0.3, 0.4) is 0 Å². The van der Waals surface area contributed by atoms with E-state index in [-0.39, 0.29) is 12.2 Å². The molecule has 0 aliphatic heterocycles. The fraction of sp³-hybridized carbons (Fsp3) is 0.385. The van der Waals surface area contributed by atoms with Gasteiger partial charge in [0.05, 0.1) is 6.42 Å². The molecular weight excluding hydrogens is 269 g/mol. The van der Waals surface area contributed by atoms with E-state index in [0.717, 1.165) is 13.0 Å². The Balaban J connectivity index is 2.03. The van der Waals surface area contributed by atoms with Gasteiger partial charge in [0.1, 0.15) is 5.82 Å². The number of nitrogens with one attached hydrogen (secondary N) is 1. The normalized spacial score (nSPS) is 10.9. The molecule has 2 rings (SSSR count). The summed E-state index contributed by atoms with van der Waals surface area (Å²) in [6, 6.07) is 4.58. The van der Waals surface area contributed by atoms with Gasteiger partial charge in [-0.1, -0.05) is 17.7 Å². The van der Waals surface area contributed by atoms with Gasteiger partial charge in [-0.25, -0.2) is 4.39 Å². The Hall–Kier alpha value is -1.46. The van der Waals surface area contributed by atoms with Crippen molar-refractivity contribution in [3.63, 3.8) is 0 Å². The second-order valence-electron chi connectivity index (χ2n) is 4.17. The molecule has 0 aliphatic carbocycles. The fourth-order valence-electron chi connectivity index (χ4n) is 1.73. The van der Waals surface area contributed by atoms with Crippen molar-refractivity contribution in [2.75, 3.05) is 13.6 Å². The van der Waals surface area contributed by atoms with Gasteiger partial charge in [-0.15, -0.1) is 10.2 Å². The van der Waals surface area contributed by atoms with E-state index in [1.54, 1.807) is 12.1 Å². The second-order valence-corrected chi connectivity index (χ2v) is 4.58. The van der Waals surface area contributed by atoms with Gasteiger partial charge in [0.25, 0.3) is 0 Å². The van der Waals surface area contributed by atoms with Crippen LogP contribution in [0.4, 0.5) is 4.39 Å². The predicted octanol–water partition coefficient (Wildman–Crippen LogP) is 2.60. The van der Waals surface area contributed by atoms with Gasteiger partial charge in [0.2, 0.25) is 11.8 Å². The first-order valence-electron chi connectivity index (χ1n) is 6.09. The molecule has 0 spiro atoms. The summed E-state index contributed by atoms with van der Waals surface area (Å²) in [4.78, 5) is 0. The number of nitrogens with zero attached hydrogens (tertiary/aromatic N) is 2. The molecule has 0 fully saturated rings. The number of benzene rings is 1. The third kappa shape index (κ3) is 3.75. The molecule has 2 aromatic rings. The fourth-order valence-corrected chi connectivity index (χ4v) is 1.96. The number of hydrogen-bond acceptors (Lipinski definition) is 4. The summed E-state index contributed by atoms with van der Waals surface area (Å²) in [5, 5.41) is 11.3. The van der Waals surface area contributed by atoms with Gasteiger partial charge in [0, 0.05) is 17.0 Å². The van der Waals surface area contributed by atoms with Crippen LogP contribution in [0.1, 0.15) is 23.8 Å². The van der Waals surface area contributed by atoms with Crippen LogP contribution >= 0.6 is 11.6 Å². The lowest BCUT2D eigenvalue weighted by atomic mass is 10.1. The maximum atomic E-state index is 13.6. The maximum absolute atomic E-state index is 13.6. The largest absolute Gasteiger partial charge is 0.425 e. The van der Waals surface area contributed by atoms with Crippen molar-refractivity contribution in [2.45, 2.75) is 19.3 Å². The summed E-state index contributed by atoms with van der Waals surface area (Å²) in [7, 11) is 1.89. The van der Waals surface area contributed by atoms with E-state index in [4.69, 9.17) is 16.0 Å². The van der Waals surface area contributed by atoms with E-state index in [2.05, 4.69) is 15.5 Å². The van der Waals surface area contributed by atoms with E-state index < -0.39 is 0 Å². The molecule has 1 heterocycles. The first-order chi connectivity index (χ1) is 9.20. The molecule has 0 amide bonds. The summed E-state index contributed by atoms with van der Waals surface area (Å²) in [6.07, 6.45) is 1.84. The van der Waals surface area contributed by atoms with Crippen LogP contribution in [0.2, 0.25) is 5.02 Å². The monoisotopic (exact) mass is 283 g/mol. The van der Waals surface area contributed by atoms with Crippen molar-refractivity contribution in [1.29, 1.82) is 0 Å². The van der Waals surface area contributed by atoms with Gasteiger partial charge >= 0.3 is 0 Å². The first-order valence-corrected chi connectivity index (χ1v) is 6.47. The van der Waals surface area contributed by atoms with Crippen molar-refractivity contribution in [3.05, 3.63) is 46.4 Å². The minimum Gasteiger partial charge on any atom is -0.425 e. The van der Waals surface area contributed by atoms with Gasteiger partial charge in [-0.3, -0.25) is 0 Å². The molecule has 1 aromatic carbocycles. The lowest BCUT2D eigenvalue weighted by Crippen LogP contribution is -2.08. The second kappa shape index (κ2) is 6.63. The molecule has 1 aromatic heterocycles. The highest BCUT2D eigenvalue weighted by Gasteiger charge is 2.12. The third-order valence-electron chi connectivity index (χ3n) is 2.72. The highest BCUT2D eigenvalue weighted by molar-refractivity contribution is 6.31. The van der Waals surface area contributed by atoms with Crippen LogP contribution in [-0.2, 0) is 12.8 Å². The number of rotatable bonds is 6. The highest BCUT2D eigenvalue weighted by atomic mass is 35.5. The van der Waals surface area contributed by atoms with Crippen LogP contribution in [0.15, 0.2) is 22.6 Å². The predicted molar refractivity (Wildman–Crippen MR) is 70.8 cm³/mol. The van der Waals surface area contributed by atoms with Crippen molar-refractivity contribution in [1.82, 2.24) is 15.5 Å². The van der Waals surface area contributed by atoms with Crippen LogP contribution < -0.4 is 5.32 Å². The van der Waals surface area contributed by atoms with Gasteiger partial charge < -0.3 is 9.73 Å². The van der Waals surface area contributed by atoms with Crippen LogP contribution in [0.25, 0.3) is 0 Å². The average molecular weight is 284 g/mol. The Morgan fingerprint density at radius 3 is 2.84 bits per heavy atom. The zero-order chi connectivity index (χ0) is 13.7. The van der Waals surface area contributed by atoms with E-state index in [9.17, 15) is 4.39 Å². The summed E-state index contributed by atoms with van der Waals surface area (Å²) >= 11 is 5.95. The van der Waals surface area contributed by atoms with Crippen molar-refractivity contribution < 1.29 is 8.81 Å².